The molecule has 29 heavy (non-hydrogen) atoms. The lowest BCUT2D eigenvalue weighted by Gasteiger charge is -2.17. The summed E-state index contributed by atoms with van der Waals surface area (Å²) in [5.74, 6) is 0.0119. The Morgan fingerprint density at radius 2 is 1.69 bits per heavy atom. The highest BCUT2D eigenvalue weighted by Gasteiger charge is 2.21. The van der Waals surface area contributed by atoms with E-state index in [0.29, 0.717) is 12.2 Å². The van der Waals surface area contributed by atoms with Crippen LogP contribution in [0, 0.1) is 0 Å². The summed E-state index contributed by atoms with van der Waals surface area (Å²) in [4.78, 5) is 17.3. The van der Waals surface area contributed by atoms with Crippen LogP contribution in [0.5, 0.6) is 0 Å². The second kappa shape index (κ2) is 8.88. The molecule has 0 radical (unpaired) electrons. The van der Waals surface area contributed by atoms with Gasteiger partial charge in [-0.25, -0.2) is 0 Å². The van der Waals surface area contributed by atoms with E-state index in [0.717, 1.165) is 22.4 Å². The molecule has 1 aromatic heterocycles. The van der Waals surface area contributed by atoms with E-state index >= 15 is 0 Å². The molecule has 0 aliphatic rings. The SMILES string of the molecule is Nc1ccc(SC(C(=O)NCCc2c[nH]c3ccccc23)c2ccccc2)cc1. The number of benzene rings is 3. The number of nitrogens with one attached hydrogen (secondary N) is 2. The van der Waals surface area contributed by atoms with Crippen LogP contribution in [0.4, 0.5) is 5.69 Å². The maximum absolute atomic E-state index is 13.0. The third-order valence-corrected chi connectivity index (χ3v) is 6.11. The number of anilines is 1. The fraction of sp³-hybridized carbons (Fsp3) is 0.125. The number of hydrogen-bond acceptors (Lipinski definition) is 3. The number of fused-ring (bicyclic) bond motifs is 1. The topological polar surface area (TPSA) is 70.9 Å². The molecule has 146 valence electrons. The number of thioether (sulfide) groups is 1. The zero-order valence-electron chi connectivity index (χ0n) is 16.0. The number of nitrogens with two attached hydrogens (primary N) is 1. The van der Waals surface area contributed by atoms with E-state index < -0.39 is 0 Å². The van der Waals surface area contributed by atoms with Gasteiger partial charge in [0, 0.05) is 34.2 Å². The van der Waals surface area contributed by atoms with Crippen molar-refractivity contribution < 1.29 is 4.79 Å². The van der Waals surface area contributed by atoms with Crippen LogP contribution in [-0.4, -0.2) is 17.4 Å². The van der Waals surface area contributed by atoms with E-state index in [1.165, 1.54) is 22.7 Å². The lowest BCUT2D eigenvalue weighted by Crippen LogP contribution is -2.29. The van der Waals surface area contributed by atoms with Gasteiger partial charge in [0.05, 0.1) is 0 Å². The first-order chi connectivity index (χ1) is 14.2. The summed E-state index contributed by atoms with van der Waals surface area (Å²) in [5.41, 5.74) is 9.82. The Morgan fingerprint density at radius 3 is 2.48 bits per heavy atom. The summed E-state index contributed by atoms with van der Waals surface area (Å²) in [6, 6.07) is 25.7. The highest BCUT2D eigenvalue weighted by molar-refractivity contribution is 8.00. The second-order valence-corrected chi connectivity index (χ2v) is 8.06. The maximum Gasteiger partial charge on any atom is 0.238 e. The molecule has 0 aliphatic heterocycles. The predicted octanol–water partition coefficient (Wildman–Crippen LogP) is 4.94. The average molecular weight is 402 g/mol. The number of carbonyl (C=O) groups excluding carboxylic acids is 1. The Bertz CT molecular complexity index is 1090. The van der Waals surface area contributed by atoms with Crippen LogP contribution >= 0.6 is 11.8 Å². The molecule has 0 saturated carbocycles. The van der Waals surface area contributed by atoms with Crippen LogP contribution in [-0.2, 0) is 11.2 Å². The standard InChI is InChI=1S/C24H23N3OS/c25-19-10-12-20(13-11-19)29-23(17-6-2-1-3-7-17)24(28)26-15-14-18-16-27-22-9-5-4-8-21(18)22/h1-13,16,23,27H,14-15,25H2,(H,26,28). The number of para-hydroxylation sites is 1. The van der Waals surface area contributed by atoms with Crippen molar-refractivity contribution in [2.24, 2.45) is 0 Å². The van der Waals surface area contributed by atoms with Crippen molar-refractivity contribution in [3.8, 4) is 0 Å². The Balaban J connectivity index is 1.45. The smallest absolute Gasteiger partial charge is 0.238 e. The summed E-state index contributed by atoms with van der Waals surface area (Å²) in [6.07, 6.45) is 2.80. The Morgan fingerprint density at radius 1 is 0.966 bits per heavy atom. The molecule has 5 heteroatoms. The van der Waals surface area contributed by atoms with E-state index in [1.807, 2.05) is 72.9 Å². The molecular weight excluding hydrogens is 378 g/mol. The van der Waals surface area contributed by atoms with Gasteiger partial charge in [0.1, 0.15) is 5.25 Å². The van der Waals surface area contributed by atoms with E-state index in [9.17, 15) is 4.79 Å². The molecule has 1 atom stereocenters. The lowest BCUT2D eigenvalue weighted by molar-refractivity contribution is -0.120. The fourth-order valence-corrected chi connectivity index (χ4v) is 4.38. The highest BCUT2D eigenvalue weighted by Crippen LogP contribution is 2.35. The monoisotopic (exact) mass is 401 g/mol. The van der Waals surface area contributed by atoms with E-state index in [2.05, 4.69) is 22.4 Å². The third-order valence-electron chi connectivity index (χ3n) is 4.84. The van der Waals surface area contributed by atoms with E-state index in [-0.39, 0.29) is 11.2 Å². The molecule has 4 N–H and O–H groups in total. The summed E-state index contributed by atoms with van der Waals surface area (Å²) in [5, 5.41) is 4.01. The number of aromatic nitrogens is 1. The van der Waals surface area contributed by atoms with Gasteiger partial charge in [-0.1, -0.05) is 48.5 Å². The minimum absolute atomic E-state index is 0.0119. The van der Waals surface area contributed by atoms with Crippen molar-refractivity contribution in [3.05, 3.63) is 96.2 Å². The summed E-state index contributed by atoms with van der Waals surface area (Å²) in [7, 11) is 0. The number of aromatic amines is 1. The highest BCUT2D eigenvalue weighted by atomic mass is 32.2. The van der Waals surface area contributed by atoms with Crippen LogP contribution < -0.4 is 11.1 Å². The van der Waals surface area contributed by atoms with Gasteiger partial charge in [0.25, 0.3) is 0 Å². The van der Waals surface area contributed by atoms with Crippen molar-refractivity contribution >= 4 is 34.3 Å². The minimum atomic E-state index is -0.317. The molecule has 0 bridgehead atoms. The van der Waals surface area contributed by atoms with Crippen LogP contribution in [0.1, 0.15) is 16.4 Å². The summed E-state index contributed by atoms with van der Waals surface area (Å²) >= 11 is 1.54. The maximum atomic E-state index is 13.0. The Hall–Kier alpha value is -3.18. The normalized spacial score (nSPS) is 12.0. The predicted molar refractivity (Wildman–Crippen MR) is 121 cm³/mol. The Kier molecular flexibility index (Phi) is 5.86. The number of nitrogen functional groups attached to an aromatic ring is 1. The van der Waals surface area contributed by atoms with Gasteiger partial charge in [-0.3, -0.25) is 4.79 Å². The van der Waals surface area contributed by atoms with Crippen LogP contribution in [0.15, 0.2) is 90.0 Å². The lowest BCUT2D eigenvalue weighted by atomic mass is 10.1. The summed E-state index contributed by atoms with van der Waals surface area (Å²) < 4.78 is 0. The van der Waals surface area contributed by atoms with Crippen molar-refractivity contribution in [1.29, 1.82) is 0 Å². The van der Waals surface area contributed by atoms with Crippen LogP contribution in [0.2, 0.25) is 0 Å². The molecule has 0 spiro atoms. The number of rotatable bonds is 7. The number of carbonyl (C=O) groups is 1. The zero-order chi connectivity index (χ0) is 20.1. The van der Waals surface area contributed by atoms with Gasteiger partial charge < -0.3 is 16.0 Å². The molecular formula is C24H23N3OS. The number of H-pyrrole nitrogens is 1. The number of hydrogen-bond donors (Lipinski definition) is 3. The van der Waals surface area contributed by atoms with Gasteiger partial charge in [-0.2, -0.15) is 0 Å². The molecule has 1 amide bonds. The average Bonchev–Trinajstić information content (AvgIpc) is 3.17. The van der Waals surface area contributed by atoms with E-state index in [1.54, 1.807) is 0 Å². The first-order valence-electron chi connectivity index (χ1n) is 9.60. The fourth-order valence-electron chi connectivity index (χ4n) is 3.33. The van der Waals surface area contributed by atoms with Crippen LogP contribution in [0.25, 0.3) is 10.9 Å². The molecule has 4 rings (SSSR count). The van der Waals surface area contributed by atoms with Crippen LogP contribution in [0.3, 0.4) is 0 Å². The molecule has 4 aromatic rings. The summed E-state index contributed by atoms with van der Waals surface area (Å²) in [6.45, 7) is 0.590. The molecule has 3 aromatic carbocycles. The van der Waals surface area contributed by atoms with Crippen molar-refractivity contribution in [3.63, 3.8) is 0 Å². The Labute approximate surface area is 174 Å². The largest absolute Gasteiger partial charge is 0.399 e. The third kappa shape index (κ3) is 4.63. The quantitative estimate of drug-likeness (QED) is 0.303. The number of amides is 1. The van der Waals surface area contributed by atoms with Gasteiger partial charge in [-0.15, -0.1) is 11.8 Å². The molecule has 0 aliphatic carbocycles. The molecule has 1 unspecified atom stereocenters. The minimum Gasteiger partial charge on any atom is -0.399 e. The first-order valence-corrected chi connectivity index (χ1v) is 10.5. The molecule has 0 fully saturated rings. The van der Waals surface area contributed by atoms with Gasteiger partial charge >= 0.3 is 0 Å². The molecule has 4 nitrogen and oxygen atoms in total. The molecule has 0 saturated heterocycles. The van der Waals surface area contributed by atoms with Crippen molar-refractivity contribution in [2.45, 2.75) is 16.6 Å². The van der Waals surface area contributed by atoms with Crippen molar-refractivity contribution in [2.75, 3.05) is 12.3 Å². The van der Waals surface area contributed by atoms with E-state index in [4.69, 9.17) is 5.73 Å². The van der Waals surface area contributed by atoms with Gasteiger partial charge in [0.2, 0.25) is 5.91 Å². The van der Waals surface area contributed by atoms with Gasteiger partial charge in [-0.05, 0) is 47.9 Å². The first kappa shape index (κ1) is 19.2. The molecule has 1 heterocycles. The van der Waals surface area contributed by atoms with Gasteiger partial charge in [0.15, 0.2) is 0 Å². The van der Waals surface area contributed by atoms with Crippen molar-refractivity contribution in [1.82, 2.24) is 10.3 Å². The second-order valence-electron chi connectivity index (χ2n) is 6.88. The zero-order valence-corrected chi connectivity index (χ0v) is 16.8.